The van der Waals surface area contributed by atoms with E-state index in [1.165, 1.54) is 12.8 Å². The minimum absolute atomic E-state index is 0.0120. The lowest BCUT2D eigenvalue weighted by atomic mass is 10.1. The van der Waals surface area contributed by atoms with Crippen LogP contribution in [0.2, 0.25) is 0 Å². The molecule has 3 aromatic rings. The van der Waals surface area contributed by atoms with Gasteiger partial charge in [-0.2, -0.15) is 0 Å². The molecule has 1 aromatic carbocycles. The van der Waals surface area contributed by atoms with Gasteiger partial charge in [-0.25, -0.2) is 4.98 Å². The molecule has 1 fully saturated rings. The van der Waals surface area contributed by atoms with Crippen LogP contribution in [0.4, 0.5) is 0 Å². The van der Waals surface area contributed by atoms with Gasteiger partial charge in [0.1, 0.15) is 5.65 Å². The fourth-order valence-corrected chi connectivity index (χ4v) is 3.64. The molecular weight excluding hydrogens is 324 g/mol. The Balaban J connectivity index is 1.55. The van der Waals surface area contributed by atoms with E-state index in [2.05, 4.69) is 27.3 Å². The molecule has 1 aliphatic rings. The molecule has 1 aliphatic heterocycles. The van der Waals surface area contributed by atoms with E-state index in [4.69, 9.17) is 0 Å². The highest BCUT2D eigenvalue weighted by atomic mass is 16.1. The topological polar surface area (TPSA) is 49.6 Å². The SMILES string of the molecule is Cc1cn2cc(C(=O)N[C@H](CN3CCCC3)c3ccccc3)ccc2n1. The van der Waals surface area contributed by atoms with Gasteiger partial charge in [0, 0.05) is 18.9 Å². The van der Waals surface area contributed by atoms with E-state index >= 15 is 0 Å². The van der Waals surface area contributed by atoms with Crippen molar-refractivity contribution in [3.8, 4) is 0 Å². The van der Waals surface area contributed by atoms with Gasteiger partial charge in [-0.15, -0.1) is 0 Å². The Morgan fingerprint density at radius 3 is 2.65 bits per heavy atom. The Morgan fingerprint density at radius 2 is 1.88 bits per heavy atom. The fourth-order valence-electron chi connectivity index (χ4n) is 3.64. The zero-order valence-corrected chi connectivity index (χ0v) is 15.1. The summed E-state index contributed by atoms with van der Waals surface area (Å²) >= 11 is 0. The van der Waals surface area contributed by atoms with Crippen molar-refractivity contribution in [3.05, 3.63) is 71.7 Å². The third kappa shape index (κ3) is 3.63. The summed E-state index contributed by atoms with van der Waals surface area (Å²) < 4.78 is 1.91. The molecule has 0 saturated carbocycles. The number of carbonyl (C=O) groups is 1. The fraction of sp³-hybridized carbons (Fsp3) is 0.333. The normalized spacial score (nSPS) is 16.0. The number of likely N-dealkylation sites (tertiary alicyclic amines) is 1. The second kappa shape index (κ2) is 7.30. The lowest BCUT2D eigenvalue weighted by Gasteiger charge is -2.25. The molecule has 1 N–H and O–H groups in total. The Kier molecular flexibility index (Phi) is 4.71. The molecule has 26 heavy (non-hydrogen) atoms. The third-order valence-electron chi connectivity index (χ3n) is 4.98. The van der Waals surface area contributed by atoms with Crippen LogP contribution in [0.3, 0.4) is 0 Å². The Bertz CT molecular complexity index is 897. The number of aryl methyl sites for hydroxylation is 1. The van der Waals surface area contributed by atoms with Gasteiger partial charge < -0.3 is 14.6 Å². The van der Waals surface area contributed by atoms with Crippen LogP contribution >= 0.6 is 0 Å². The average molecular weight is 348 g/mol. The summed E-state index contributed by atoms with van der Waals surface area (Å²) in [5, 5.41) is 3.23. The number of nitrogens with zero attached hydrogens (tertiary/aromatic N) is 3. The molecule has 5 heteroatoms. The van der Waals surface area contributed by atoms with Gasteiger partial charge >= 0.3 is 0 Å². The number of aromatic nitrogens is 2. The Labute approximate surface area is 153 Å². The lowest BCUT2D eigenvalue weighted by Crippen LogP contribution is -2.37. The molecule has 1 saturated heterocycles. The number of nitrogens with one attached hydrogen (secondary N) is 1. The summed E-state index contributed by atoms with van der Waals surface area (Å²) in [6.45, 7) is 5.02. The maximum atomic E-state index is 12.9. The van der Waals surface area contributed by atoms with E-state index in [-0.39, 0.29) is 11.9 Å². The third-order valence-corrected chi connectivity index (χ3v) is 4.98. The minimum Gasteiger partial charge on any atom is -0.344 e. The van der Waals surface area contributed by atoms with E-state index in [1.54, 1.807) is 0 Å². The van der Waals surface area contributed by atoms with Crippen molar-refractivity contribution in [2.45, 2.75) is 25.8 Å². The van der Waals surface area contributed by atoms with Crippen molar-refractivity contribution in [3.63, 3.8) is 0 Å². The second-order valence-electron chi connectivity index (χ2n) is 7.01. The van der Waals surface area contributed by atoms with E-state index in [0.29, 0.717) is 5.56 Å². The molecule has 0 unspecified atom stereocenters. The molecule has 1 amide bonds. The number of pyridine rings is 1. The van der Waals surface area contributed by atoms with Crippen molar-refractivity contribution >= 4 is 11.6 Å². The maximum Gasteiger partial charge on any atom is 0.253 e. The highest BCUT2D eigenvalue weighted by Crippen LogP contribution is 2.18. The summed E-state index contributed by atoms with van der Waals surface area (Å²) in [4.78, 5) is 19.7. The predicted molar refractivity (Wildman–Crippen MR) is 102 cm³/mol. The predicted octanol–water partition coefficient (Wildman–Crippen LogP) is 3.21. The number of imidazole rings is 1. The zero-order chi connectivity index (χ0) is 17.9. The van der Waals surface area contributed by atoms with Crippen molar-refractivity contribution in [1.82, 2.24) is 19.6 Å². The van der Waals surface area contributed by atoms with E-state index in [9.17, 15) is 4.79 Å². The van der Waals surface area contributed by atoms with Gasteiger partial charge in [-0.1, -0.05) is 30.3 Å². The molecule has 0 radical (unpaired) electrons. The average Bonchev–Trinajstić information content (AvgIpc) is 3.29. The monoisotopic (exact) mass is 348 g/mol. The number of fused-ring (bicyclic) bond motifs is 1. The van der Waals surface area contributed by atoms with Crippen LogP contribution < -0.4 is 5.32 Å². The summed E-state index contributed by atoms with van der Waals surface area (Å²) in [5.41, 5.74) is 3.60. The maximum absolute atomic E-state index is 12.9. The van der Waals surface area contributed by atoms with Gasteiger partial charge in [0.25, 0.3) is 5.91 Å². The Hall–Kier alpha value is -2.66. The number of carbonyl (C=O) groups excluding carboxylic acids is 1. The van der Waals surface area contributed by atoms with Crippen molar-refractivity contribution < 1.29 is 4.79 Å². The van der Waals surface area contributed by atoms with Crippen LogP contribution in [0.25, 0.3) is 5.65 Å². The van der Waals surface area contributed by atoms with E-state index in [0.717, 1.165) is 36.5 Å². The highest BCUT2D eigenvalue weighted by molar-refractivity contribution is 5.94. The lowest BCUT2D eigenvalue weighted by molar-refractivity contribution is 0.0926. The quantitative estimate of drug-likeness (QED) is 0.770. The summed E-state index contributed by atoms with van der Waals surface area (Å²) in [6, 6.07) is 14.0. The van der Waals surface area contributed by atoms with Crippen LogP contribution in [-0.4, -0.2) is 39.8 Å². The number of hydrogen-bond acceptors (Lipinski definition) is 3. The molecular formula is C21H24N4O. The van der Waals surface area contributed by atoms with Crippen molar-refractivity contribution in [2.24, 2.45) is 0 Å². The number of amides is 1. The first-order chi connectivity index (χ1) is 12.7. The molecule has 5 nitrogen and oxygen atoms in total. The first kappa shape index (κ1) is 16.8. The molecule has 2 aromatic heterocycles. The van der Waals surface area contributed by atoms with Crippen LogP contribution in [0, 0.1) is 6.92 Å². The molecule has 1 atom stereocenters. The largest absolute Gasteiger partial charge is 0.344 e. The number of rotatable bonds is 5. The smallest absolute Gasteiger partial charge is 0.253 e. The van der Waals surface area contributed by atoms with E-state index in [1.807, 2.05) is 54.0 Å². The van der Waals surface area contributed by atoms with E-state index < -0.39 is 0 Å². The molecule has 0 spiro atoms. The second-order valence-corrected chi connectivity index (χ2v) is 7.01. The van der Waals surface area contributed by atoms with Crippen molar-refractivity contribution in [1.29, 1.82) is 0 Å². The molecule has 3 heterocycles. The van der Waals surface area contributed by atoms with Gasteiger partial charge in [0.15, 0.2) is 0 Å². The van der Waals surface area contributed by atoms with Gasteiger partial charge in [0.2, 0.25) is 0 Å². The molecule has 4 rings (SSSR count). The number of hydrogen-bond donors (Lipinski definition) is 1. The minimum atomic E-state index is -0.0497. The standard InChI is InChI=1S/C21H24N4O/c1-16-13-25-14-18(9-10-20(25)22-16)21(26)23-19(15-24-11-5-6-12-24)17-7-3-2-4-8-17/h2-4,7-10,13-14,19H,5-6,11-12,15H2,1H3,(H,23,26)/t19-/m1/s1. The van der Waals surface area contributed by atoms with Crippen LogP contribution in [0.15, 0.2) is 54.9 Å². The number of benzene rings is 1. The van der Waals surface area contributed by atoms with Crippen molar-refractivity contribution in [2.75, 3.05) is 19.6 Å². The molecule has 134 valence electrons. The first-order valence-electron chi connectivity index (χ1n) is 9.22. The Morgan fingerprint density at radius 1 is 1.12 bits per heavy atom. The van der Waals surface area contributed by atoms with Crippen LogP contribution in [-0.2, 0) is 0 Å². The zero-order valence-electron chi connectivity index (χ0n) is 15.1. The summed E-state index contributed by atoms with van der Waals surface area (Å²) in [7, 11) is 0. The van der Waals surface area contributed by atoms with Crippen LogP contribution in [0.5, 0.6) is 0 Å². The van der Waals surface area contributed by atoms with Gasteiger partial charge in [-0.05, 0) is 50.6 Å². The molecule has 0 aliphatic carbocycles. The highest BCUT2D eigenvalue weighted by Gasteiger charge is 2.21. The first-order valence-corrected chi connectivity index (χ1v) is 9.22. The van der Waals surface area contributed by atoms with Crippen LogP contribution in [0.1, 0.15) is 40.5 Å². The molecule has 0 bridgehead atoms. The van der Waals surface area contributed by atoms with Gasteiger partial charge in [-0.3, -0.25) is 4.79 Å². The summed E-state index contributed by atoms with van der Waals surface area (Å²) in [5.74, 6) is -0.0497. The van der Waals surface area contributed by atoms with Gasteiger partial charge in [0.05, 0.1) is 17.3 Å². The summed E-state index contributed by atoms with van der Waals surface area (Å²) in [6.07, 6.45) is 6.27.